The van der Waals surface area contributed by atoms with Crippen LogP contribution in [0.25, 0.3) is 0 Å². The van der Waals surface area contributed by atoms with Crippen molar-refractivity contribution in [3.8, 4) is 0 Å². The number of esters is 1. The minimum Gasteiger partial charge on any atom is -0.467 e. The van der Waals surface area contributed by atoms with Crippen LogP contribution in [0, 0.1) is 0 Å². The summed E-state index contributed by atoms with van der Waals surface area (Å²) in [5.74, 6) is -0.618. The molecular formula is C45H47NO9. The third-order valence-electron chi connectivity index (χ3n) is 9.12. The van der Waals surface area contributed by atoms with Gasteiger partial charge < -0.3 is 38.5 Å². The molecule has 55 heavy (non-hydrogen) atoms. The average molecular weight is 746 g/mol. The van der Waals surface area contributed by atoms with Crippen LogP contribution in [0.3, 0.4) is 0 Å². The lowest BCUT2D eigenvalue weighted by molar-refractivity contribution is -0.315. The normalized spacial score (nSPS) is 19.9. The zero-order valence-corrected chi connectivity index (χ0v) is 30.8. The molecule has 0 saturated carbocycles. The molecule has 286 valence electrons. The first-order valence-electron chi connectivity index (χ1n) is 18.4. The van der Waals surface area contributed by atoms with E-state index in [0.29, 0.717) is 6.61 Å². The lowest BCUT2D eigenvalue weighted by Gasteiger charge is -2.45. The summed E-state index contributed by atoms with van der Waals surface area (Å²) in [5, 5.41) is 2.69. The number of alkyl carbamates (subject to hydrolysis) is 1. The van der Waals surface area contributed by atoms with Gasteiger partial charge in [0.15, 0.2) is 0 Å². The van der Waals surface area contributed by atoms with Crippen LogP contribution >= 0.6 is 0 Å². The van der Waals surface area contributed by atoms with Gasteiger partial charge in [-0.15, -0.1) is 0 Å². The summed E-state index contributed by atoms with van der Waals surface area (Å²) in [6.07, 6.45) is -5.24. The molecule has 1 fully saturated rings. The van der Waals surface area contributed by atoms with E-state index in [1.807, 2.05) is 152 Å². The highest BCUT2D eigenvalue weighted by Crippen LogP contribution is 2.32. The van der Waals surface area contributed by atoms with Crippen LogP contribution in [0.2, 0.25) is 0 Å². The molecule has 0 radical (unpaired) electrons. The van der Waals surface area contributed by atoms with E-state index in [4.69, 9.17) is 33.2 Å². The van der Waals surface area contributed by atoms with Gasteiger partial charge >= 0.3 is 12.1 Å². The summed E-state index contributed by atoms with van der Waals surface area (Å²) in [4.78, 5) is 26.6. The molecule has 10 nitrogen and oxygen atoms in total. The summed E-state index contributed by atoms with van der Waals surface area (Å²) in [7, 11) is 1.27. The van der Waals surface area contributed by atoms with Crippen LogP contribution < -0.4 is 5.32 Å². The Morgan fingerprint density at radius 1 is 0.564 bits per heavy atom. The van der Waals surface area contributed by atoms with Gasteiger partial charge in [0.05, 0.1) is 40.1 Å². The van der Waals surface area contributed by atoms with Gasteiger partial charge in [0, 0.05) is 6.42 Å². The fourth-order valence-electron chi connectivity index (χ4n) is 6.31. The van der Waals surface area contributed by atoms with Gasteiger partial charge in [-0.3, -0.25) is 0 Å². The number of carbonyl (C=O) groups excluding carboxylic acids is 2. The van der Waals surface area contributed by atoms with E-state index in [0.717, 1.165) is 27.8 Å². The first-order chi connectivity index (χ1) is 27.1. The lowest BCUT2D eigenvalue weighted by Crippen LogP contribution is -2.62. The smallest absolute Gasteiger partial charge is 0.410 e. The molecule has 1 aliphatic rings. The molecule has 6 atom stereocenters. The highest BCUT2D eigenvalue weighted by atomic mass is 16.7. The van der Waals surface area contributed by atoms with Crippen LogP contribution in [0.15, 0.2) is 152 Å². The van der Waals surface area contributed by atoms with Crippen molar-refractivity contribution in [3.05, 3.63) is 179 Å². The predicted molar refractivity (Wildman–Crippen MR) is 205 cm³/mol. The molecule has 1 amide bonds. The largest absolute Gasteiger partial charge is 0.467 e. The lowest BCUT2D eigenvalue weighted by atomic mass is 9.97. The molecular weight excluding hydrogens is 698 g/mol. The maximum Gasteiger partial charge on any atom is 0.410 e. The molecule has 1 heterocycles. The fraction of sp³-hybridized carbons (Fsp3) is 0.289. The second-order valence-corrected chi connectivity index (χ2v) is 13.1. The summed E-state index contributed by atoms with van der Waals surface area (Å²) >= 11 is 0. The number of benzene rings is 5. The van der Waals surface area contributed by atoms with Crippen molar-refractivity contribution in [2.45, 2.75) is 69.6 Å². The fourth-order valence-corrected chi connectivity index (χ4v) is 6.31. The van der Waals surface area contributed by atoms with E-state index in [2.05, 4.69) is 5.32 Å². The van der Waals surface area contributed by atoms with Gasteiger partial charge in [0.2, 0.25) is 6.29 Å². The molecule has 0 aliphatic carbocycles. The van der Waals surface area contributed by atoms with Gasteiger partial charge in [-0.2, -0.15) is 0 Å². The second kappa shape index (κ2) is 20.9. The molecule has 10 heteroatoms. The zero-order chi connectivity index (χ0) is 38.1. The van der Waals surface area contributed by atoms with Crippen molar-refractivity contribution < 1.29 is 42.7 Å². The number of hydrogen-bond acceptors (Lipinski definition) is 9. The van der Waals surface area contributed by atoms with E-state index >= 15 is 0 Å². The molecule has 1 aliphatic heterocycles. The van der Waals surface area contributed by atoms with Gasteiger partial charge in [0.25, 0.3) is 0 Å². The molecule has 0 unspecified atom stereocenters. The summed E-state index contributed by atoms with van der Waals surface area (Å²) in [6.45, 7) is 1.06. The van der Waals surface area contributed by atoms with E-state index in [-0.39, 0.29) is 32.8 Å². The Balaban J connectivity index is 1.30. The highest BCUT2D eigenvalue weighted by Gasteiger charge is 2.50. The molecule has 0 spiro atoms. The topological polar surface area (TPSA) is 111 Å². The van der Waals surface area contributed by atoms with E-state index < -0.39 is 48.8 Å². The second-order valence-electron chi connectivity index (χ2n) is 13.1. The Morgan fingerprint density at radius 3 is 1.45 bits per heavy atom. The summed E-state index contributed by atoms with van der Waals surface area (Å²) in [6, 6.07) is 47.4. The Bertz CT molecular complexity index is 1850. The summed E-state index contributed by atoms with van der Waals surface area (Å²) in [5.41, 5.74) is 4.61. The number of nitrogens with one attached hydrogen (secondary N) is 1. The van der Waals surface area contributed by atoms with Gasteiger partial charge in [-0.25, -0.2) is 9.59 Å². The Labute approximate surface area is 322 Å². The van der Waals surface area contributed by atoms with E-state index in [9.17, 15) is 9.59 Å². The maximum atomic E-state index is 13.8. The first kappa shape index (κ1) is 39.3. The highest BCUT2D eigenvalue weighted by molar-refractivity contribution is 5.81. The van der Waals surface area contributed by atoms with Crippen LogP contribution in [0.5, 0.6) is 0 Å². The first-order valence-corrected chi connectivity index (χ1v) is 18.4. The number of carbonyl (C=O) groups is 2. The van der Waals surface area contributed by atoms with Gasteiger partial charge in [-0.05, 0) is 27.8 Å². The third-order valence-corrected chi connectivity index (χ3v) is 9.12. The average Bonchev–Trinajstić information content (AvgIpc) is 3.23. The minimum atomic E-state index is -1.29. The molecule has 0 aromatic heterocycles. The number of ether oxygens (including phenoxy) is 7. The molecule has 1 N–H and O–H groups in total. The Morgan fingerprint density at radius 2 is 0.982 bits per heavy atom. The standard InChI is InChI=1S/C45H47NO9/c1-49-43(47)38(27-33-17-7-2-8-18-33)46-45(48)55-44-42(53-31-37-25-15-6-16-26-37)41(52-30-36-23-13-5-14-24-36)40(51-29-35-21-11-4-12-22-35)39(54-44)32-50-28-34-19-9-3-10-20-34/h2-26,38-42,44H,27-32H2,1H3,(H,46,48)/t38-,39+,40+,41-,42-,44+/m0/s1. The number of methoxy groups -OCH3 is 1. The van der Waals surface area contributed by atoms with E-state index in [1.54, 1.807) is 0 Å². The summed E-state index contributed by atoms with van der Waals surface area (Å²) < 4.78 is 43.9. The van der Waals surface area contributed by atoms with Crippen molar-refractivity contribution in [2.75, 3.05) is 13.7 Å². The number of hydrogen-bond donors (Lipinski definition) is 1. The SMILES string of the molecule is COC(=O)[C@H](Cc1ccccc1)NC(=O)O[C@H]1O[C@H](COCc2ccccc2)[C@@H](OCc2ccccc2)[C@H](OCc2ccccc2)[C@@H]1OCc1ccccc1. The molecule has 6 rings (SSSR count). The molecule has 1 saturated heterocycles. The molecule has 5 aromatic carbocycles. The molecule has 5 aromatic rings. The third kappa shape index (κ3) is 12.1. The van der Waals surface area contributed by atoms with Crippen molar-refractivity contribution in [3.63, 3.8) is 0 Å². The monoisotopic (exact) mass is 745 g/mol. The Kier molecular flexibility index (Phi) is 15.0. The van der Waals surface area contributed by atoms with Crippen LogP contribution in [0.4, 0.5) is 4.79 Å². The van der Waals surface area contributed by atoms with Crippen LogP contribution in [-0.2, 0) is 70.8 Å². The number of amides is 1. The predicted octanol–water partition coefficient (Wildman–Crippen LogP) is 7.19. The van der Waals surface area contributed by atoms with Crippen molar-refractivity contribution in [1.29, 1.82) is 0 Å². The molecule has 0 bridgehead atoms. The maximum absolute atomic E-state index is 13.8. The van der Waals surface area contributed by atoms with Crippen molar-refractivity contribution >= 4 is 12.1 Å². The quantitative estimate of drug-likeness (QED) is 0.0932. The van der Waals surface area contributed by atoms with Gasteiger partial charge in [0.1, 0.15) is 30.5 Å². The van der Waals surface area contributed by atoms with Crippen LogP contribution in [0.1, 0.15) is 27.8 Å². The number of rotatable bonds is 18. The van der Waals surface area contributed by atoms with E-state index in [1.165, 1.54) is 7.11 Å². The Hall–Kier alpha value is -5.36. The van der Waals surface area contributed by atoms with Crippen molar-refractivity contribution in [1.82, 2.24) is 5.32 Å². The van der Waals surface area contributed by atoms with Gasteiger partial charge in [-0.1, -0.05) is 152 Å². The van der Waals surface area contributed by atoms with Crippen molar-refractivity contribution in [2.24, 2.45) is 0 Å². The zero-order valence-electron chi connectivity index (χ0n) is 30.8. The minimum absolute atomic E-state index is 0.0885. The van der Waals surface area contributed by atoms with Crippen LogP contribution in [-0.4, -0.2) is 62.5 Å².